The first-order valence-corrected chi connectivity index (χ1v) is 5.42. The molecule has 0 amide bonds. The molecule has 1 nitrogen and oxygen atoms in total. The highest BCUT2D eigenvalue weighted by Crippen LogP contribution is 2.39. The van der Waals surface area contributed by atoms with Crippen LogP contribution in [0.15, 0.2) is 18.2 Å². The fraction of sp³-hybridized carbons (Fsp3) is 0.417. The van der Waals surface area contributed by atoms with Crippen molar-refractivity contribution in [3.05, 3.63) is 34.6 Å². The molecular formula is C12H12ClFO. The molecular weight excluding hydrogens is 215 g/mol. The smallest absolute Gasteiger partial charge is 0.140 e. The number of halogens is 2. The maximum Gasteiger partial charge on any atom is 0.140 e. The summed E-state index contributed by atoms with van der Waals surface area (Å²) in [4.78, 5) is 11.6. The Hall–Kier alpha value is -0.890. The second-order valence-electron chi connectivity index (χ2n) is 4.20. The number of hydrogen-bond donors (Lipinski definition) is 0. The van der Waals surface area contributed by atoms with Gasteiger partial charge in [0.15, 0.2) is 0 Å². The van der Waals surface area contributed by atoms with Crippen molar-refractivity contribution >= 4 is 17.4 Å². The Kier molecular flexibility index (Phi) is 2.79. The average Bonchev–Trinajstić information content (AvgIpc) is 2.88. The molecule has 0 heterocycles. The molecule has 2 atom stereocenters. The van der Waals surface area contributed by atoms with Gasteiger partial charge in [-0.25, -0.2) is 4.39 Å². The number of rotatable bonds is 3. The summed E-state index contributed by atoms with van der Waals surface area (Å²) in [6.45, 7) is 2.04. The highest BCUT2D eigenvalue weighted by molar-refractivity contribution is 6.30. The van der Waals surface area contributed by atoms with E-state index in [-0.39, 0.29) is 23.9 Å². The molecule has 2 unspecified atom stereocenters. The third-order valence-corrected chi connectivity index (χ3v) is 3.14. The molecule has 0 bridgehead atoms. The van der Waals surface area contributed by atoms with Crippen molar-refractivity contribution in [1.82, 2.24) is 0 Å². The second kappa shape index (κ2) is 3.93. The van der Waals surface area contributed by atoms with Crippen molar-refractivity contribution in [3.63, 3.8) is 0 Å². The summed E-state index contributed by atoms with van der Waals surface area (Å²) in [6, 6.07) is 4.45. The van der Waals surface area contributed by atoms with E-state index in [2.05, 4.69) is 0 Å². The molecule has 80 valence electrons. The minimum absolute atomic E-state index is 0.142. The van der Waals surface area contributed by atoms with E-state index in [0.717, 1.165) is 6.42 Å². The van der Waals surface area contributed by atoms with E-state index < -0.39 is 0 Å². The molecule has 0 spiro atoms. The van der Waals surface area contributed by atoms with Gasteiger partial charge in [-0.3, -0.25) is 4.79 Å². The van der Waals surface area contributed by atoms with E-state index in [1.54, 1.807) is 12.1 Å². The Morgan fingerprint density at radius 2 is 2.27 bits per heavy atom. The van der Waals surface area contributed by atoms with Gasteiger partial charge in [0.1, 0.15) is 11.6 Å². The van der Waals surface area contributed by atoms with Crippen LogP contribution in [0.2, 0.25) is 5.02 Å². The summed E-state index contributed by atoms with van der Waals surface area (Å²) in [5, 5.41) is 0.364. The molecule has 0 aromatic heterocycles. The number of Topliss-reactive ketones (excluding diaryl/α,β-unsaturated/α-hetero) is 1. The summed E-state index contributed by atoms with van der Waals surface area (Å²) in [7, 11) is 0. The van der Waals surface area contributed by atoms with Gasteiger partial charge in [0.25, 0.3) is 0 Å². The third kappa shape index (κ3) is 2.37. The van der Waals surface area contributed by atoms with Crippen molar-refractivity contribution in [2.24, 2.45) is 11.8 Å². The minimum atomic E-state index is -0.385. The lowest BCUT2D eigenvalue weighted by Gasteiger charge is -2.02. The predicted molar refractivity (Wildman–Crippen MR) is 57.4 cm³/mol. The molecule has 1 aromatic carbocycles. The van der Waals surface area contributed by atoms with Gasteiger partial charge >= 0.3 is 0 Å². The molecule has 1 aliphatic rings. The first-order chi connectivity index (χ1) is 7.08. The zero-order valence-electron chi connectivity index (χ0n) is 8.47. The topological polar surface area (TPSA) is 17.1 Å². The van der Waals surface area contributed by atoms with Gasteiger partial charge in [-0.2, -0.15) is 0 Å². The van der Waals surface area contributed by atoms with Gasteiger partial charge in [-0.05, 0) is 30.0 Å². The molecule has 15 heavy (non-hydrogen) atoms. The van der Waals surface area contributed by atoms with Crippen molar-refractivity contribution in [3.8, 4) is 0 Å². The highest BCUT2D eigenvalue weighted by atomic mass is 35.5. The maximum absolute atomic E-state index is 13.4. The average molecular weight is 227 g/mol. The van der Waals surface area contributed by atoms with Crippen LogP contribution in [0, 0.1) is 17.7 Å². The number of hydrogen-bond acceptors (Lipinski definition) is 1. The molecule has 0 saturated heterocycles. The van der Waals surface area contributed by atoms with Crippen LogP contribution in [0.5, 0.6) is 0 Å². The number of carbonyl (C=O) groups is 1. The Balaban J connectivity index is 2.07. The molecule has 0 aliphatic heterocycles. The van der Waals surface area contributed by atoms with E-state index in [1.807, 2.05) is 6.92 Å². The molecule has 1 saturated carbocycles. The number of carbonyl (C=O) groups excluding carboxylic acids is 1. The standard InChI is InChI=1S/C12H12ClFO/c1-7-4-10(7)12(15)5-8-2-3-9(13)6-11(8)14/h2-3,6-7,10H,4-5H2,1H3. The van der Waals surface area contributed by atoms with Gasteiger partial charge in [0.05, 0.1) is 0 Å². The van der Waals surface area contributed by atoms with Gasteiger partial charge in [-0.15, -0.1) is 0 Å². The normalized spacial score (nSPS) is 23.9. The van der Waals surface area contributed by atoms with Crippen LogP contribution < -0.4 is 0 Å². The highest BCUT2D eigenvalue weighted by Gasteiger charge is 2.38. The third-order valence-electron chi connectivity index (χ3n) is 2.90. The number of benzene rings is 1. The monoisotopic (exact) mass is 226 g/mol. The van der Waals surface area contributed by atoms with Gasteiger partial charge in [-0.1, -0.05) is 24.6 Å². The van der Waals surface area contributed by atoms with Crippen molar-refractivity contribution in [2.45, 2.75) is 19.8 Å². The second-order valence-corrected chi connectivity index (χ2v) is 4.63. The summed E-state index contributed by atoms with van der Waals surface area (Å²) in [5.41, 5.74) is 0.448. The summed E-state index contributed by atoms with van der Waals surface area (Å²) < 4.78 is 13.4. The molecule has 0 radical (unpaired) electrons. The lowest BCUT2D eigenvalue weighted by atomic mass is 10.0. The predicted octanol–water partition coefficient (Wildman–Crippen LogP) is 3.25. The zero-order valence-corrected chi connectivity index (χ0v) is 9.22. The summed E-state index contributed by atoms with van der Waals surface area (Å²) in [6.07, 6.45) is 1.14. The van der Waals surface area contributed by atoms with E-state index in [9.17, 15) is 9.18 Å². The largest absolute Gasteiger partial charge is 0.299 e. The van der Waals surface area contributed by atoms with Crippen LogP contribution in [0.3, 0.4) is 0 Å². The van der Waals surface area contributed by atoms with E-state index >= 15 is 0 Å². The molecule has 1 aliphatic carbocycles. The van der Waals surface area contributed by atoms with E-state index in [4.69, 9.17) is 11.6 Å². The van der Waals surface area contributed by atoms with Crippen LogP contribution in [-0.4, -0.2) is 5.78 Å². The SMILES string of the molecule is CC1CC1C(=O)Cc1ccc(Cl)cc1F. The van der Waals surface area contributed by atoms with Crippen molar-refractivity contribution in [2.75, 3.05) is 0 Å². The maximum atomic E-state index is 13.4. The molecule has 1 fully saturated rings. The number of ketones is 1. The van der Waals surface area contributed by atoms with E-state index in [0.29, 0.717) is 16.5 Å². The van der Waals surface area contributed by atoms with Gasteiger partial charge < -0.3 is 0 Å². The van der Waals surface area contributed by atoms with Crippen LogP contribution in [0.1, 0.15) is 18.9 Å². The summed E-state index contributed by atoms with van der Waals surface area (Å²) >= 11 is 5.63. The first kappa shape index (κ1) is 10.6. The first-order valence-electron chi connectivity index (χ1n) is 5.04. The molecule has 3 heteroatoms. The van der Waals surface area contributed by atoms with Crippen LogP contribution in [-0.2, 0) is 11.2 Å². The Bertz CT molecular complexity index is 403. The van der Waals surface area contributed by atoms with Crippen molar-refractivity contribution in [1.29, 1.82) is 0 Å². The lowest BCUT2D eigenvalue weighted by molar-refractivity contribution is -0.119. The molecule has 1 aromatic rings. The van der Waals surface area contributed by atoms with Crippen LogP contribution in [0.4, 0.5) is 4.39 Å². The zero-order chi connectivity index (χ0) is 11.0. The minimum Gasteiger partial charge on any atom is -0.299 e. The Morgan fingerprint density at radius 1 is 1.60 bits per heavy atom. The van der Waals surface area contributed by atoms with E-state index in [1.165, 1.54) is 6.07 Å². The molecule has 0 N–H and O–H groups in total. The van der Waals surface area contributed by atoms with Crippen LogP contribution >= 0.6 is 11.6 Å². The van der Waals surface area contributed by atoms with Gasteiger partial charge in [0.2, 0.25) is 0 Å². The fourth-order valence-electron chi connectivity index (χ4n) is 1.75. The lowest BCUT2D eigenvalue weighted by Crippen LogP contribution is -2.07. The van der Waals surface area contributed by atoms with Gasteiger partial charge in [0, 0.05) is 17.4 Å². The molecule has 2 rings (SSSR count). The van der Waals surface area contributed by atoms with Crippen molar-refractivity contribution < 1.29 is 9.18 Å². The Morgan fingerprint density at radius 3 is 2.80 bits per heavy atom. The Labute approximate surface area is 93.2 Å². The van der Waals surface area contributed by atoms with Crippen LogP contribution in [0.25, 0.3) is 0 Å². The fourth-order valence-corrected chi connectivity index (χ4v) is 1.91. The quantitative estimate of drug-likeness (QED) is 0.773. The summed E-state index contributed by atoms with van der Waals surface area (Å²) in [5.74, 6) is 0.390.